The Morgan fingerprint density at radius 1 is 0.392 bits per heavy atom. The Morgan fingerprint density at radius 2 is 0.980 bits per heavy atom. The average Bonchev–Trinajstić information content (AvgIpc) is 3.60. The van der Waals surface area contributed by atoms with Gasteiger partial charge >= 0.3 is 0 Å². The van der Waals surface area contributed by atoms with Gasteiger partial charge in [0.1, 0.15) is 11.2 Å². The van der Waals surface area contributed by atoms with E-state index in [4.69, 9.17) is 19.4 Å². The van der Waals surface area contributed by atoms with E-state index >= 15 is 0 Å². The molecule has 9 aromatic rings. The van der Waals surface area contributed by atoms with E-state index in [1.807, 2.05) is 103 Å². The molecule has 0 saturated carbocycles. The Labute approximate surface area is 294 Å². The van der Waals surface area contributed by atoms with E-state index in [9.17, 15) is 5.26 Å². The van der Waals surface area contributed by atoms with Crippen LogP contribution in [0.2, 0.25) is 0 Å². The van der Waals surface area contributed by atoms with Crippen LogP contribution in [-0.2, 0) is 0 Å². The van der Waals surface area contributed by atoms with Crippen molar-refractivity contribution in [2.75, 3.05) is 0 Å². The molecule has 238 valence electrons. The predicted molar refractivity (Wildman–Crippen MR) is 204 cm³/mol. The van der Waals surface area contributed by atoms with E-state index in [1.165, 1.54) is 0 Å². The van der Waals surface area contributed by atoms with Crippen LogP contribution in [0.5, 0.6) is 0 Å². The number of fused-ring (bicyclic) bond motifs is 3. The van der Waals surface area contributed by atoms with E-state index < -0.39 is 0 Å². The van der Waals surface area contributed by atoms with Crippen molar-refractivity contribution in [2.45, 2.75) is 0 Å². The van der Waals surface area contributed by atoms with Gasteiger partial charge in [0.15, 0.2) is 17.5 Å². The maximum Gasteiger partial charge on any atom is 0.164 e. The second kappa shape index (κ2) is 12.7. The van der Waals surface area contributed by atoms with Crippen molar-refractivity contribution in [3.63, 3.8) is 0 Å². The quantitative estimate of drug-likeness (QED) is 0.179. The molecular formula is C46H28N4O. The van der Waals surface area contributed by atoms with Crippen LogP contribution in [0.4, 0.5) is 0 Å². The van der Waals surface area contributed by atoms with Gasteiger partial charge in [0.05, 0.1) is 11.6 Å². The zero-order valence-electron chi connectivity index (χ0n) is 27.4. The Kier molecular flexibility index (Phi) is 7.46. The van der Waals surface area contributed by atoms with E-state index in [2.05, 4.69) is 72.8 Å². The average molecular weight is 653 g/mol. The summed E-state index contributed by atoms with van der Waals surface area (Å²) >= 11 is 0. The van der Waals surface area contributed by atoms with Crippen LogP contribution in [-0.4, -0.2) is 15.0 Å². The summed E-state index contributed by atoms with van der Waals surface area (Å²) < 4.78 is 6.47. The number of hydrogen-bond acceptors (Lipinski definition) is 5. The third-order valence-corrected chi connectivity index (χ3v) is 9.17. The second-order valence-electron chi connectivity index (χ2n) is 12.3. The Morgan fingerprint density at radius 3 is 1.76 bits per heavy atom. The number of furan rings is 1. The van der Waals surface area contributed by atoms with Crippen LogP contribution in [0.25, 0.3) is 89.5 Å². The third-order valence-electron chi connectivity index (χ3n) is 9.17. The van der Waals surface area contributed by atoms with Crippen molar-refractivity contribution >= 4 is 21.9 Å². The normalized spacial score (nSPS) is 11.1. The van der Waals surface area contributed by atoms with E-state index in [0.717, 1.165) is 72.0 Å². The molecule has 0 amide bonds. The monoisotopic (exact) mass is 652 g/mol. The summed E-state index contributed by atoms with van der Waals surface area (Å²) in [6.07, 6.45) is 0. The lowest BCUT2D eigenvalue weighted by Crippen LogP contribution is -2.01. The van der Waals surface area contributed by atoms with E-state index in [1.54, 1.807) is 0 Å². The fourth-order valence-electron chi connectivity index (χ4n) is 6.73. The molecular weight excluding hydrogens is 625 g/mol. The molecule has 0 fully saturated rings. The maximum atomic E-state index is 9.63. The molecule has 7 aromatic carbocycles. The molecule has 0 radical (unpaired) electrons. The molecule has 0 saturated heterocycles. The van der Waals surface area contributed by atoms with Crippen molar-refractivity contribution in [1.29, 1.82) is 5.26 Å². The summed E-state index contributed by atoms with van der Waals surface area (Å²) in [6, 6.07) is 59.2. The van der Waals surface area contributed by atoms with Crippen LogP contribution in [0.15, 0.2) is 174 Å². The van der Waals surface area contributed by atoms with Crippen molar-refractivity contribution in [2.24, 2.45) is 0 Å². The van der Waals surface area contributed by atoms with Crippen LogP contribution < -0.4 is 0 Å². The molecule has 0 N–H and O–H groups in total. The molecule has 0 spiro atoms. The summed E-state index contributed by atoms with van der Waals surface area (Å²) in [5, 5.41) is 11.7. The summed E-state index contributed by atoms with van der Waals surface area (Å²) in [5.74, 6) is 1.63. The van der Waals surface area contributed by atoms with Crippen molar-refractivity contribution in [1.82, 2.24) is 15.0 Å². The molecule has 0 aliphatic rings. The van der Waals surface area contributed by atoms with Gasteiger partial charge in [0.25, 0.3) is 0 Å². The number of rotatable bonds is 6. The summed E-state index contributed by atoms with van der Waals surface area (Å²) in [5.41, 5.74) is 11.0. The van der Waals surface area contributed by atoms with Crippen molar-refractivity contribution in [3.05, 3.63) is 175 Å². The first-order valence-electron chi connectivity index (χ1n) is 16.7. The van der Waals surface area contributed by atoms with Crippen molar-refractivity contribution < 1.29 is 4.42 Å². The Hall–Kier alpha value is -7.16. The molecule has 2 heterocycles. The van der Waals surface area contributed by atoms with E-state index in [-0.39, 0.29) is 0 Å². The van der Waals surface area contributed by atoms with Crippen LogP contribution in [0, 0.1) is 11.3 Å². The summed E-state index contributed by atoms with van der Waals surface area (Å²) in [6.45, 7) is 0. The molecule has 5 nitrogen and oxygen atoms in total. The SMILES string of the molecule is N#Cc1cccc(-c2ccccc2-c2nc(-c3cccc(-c4ccccc4)c3)nc(-c3ccc4c(c3)oc3cccc(-c5ccccc5)c34)n2)c1. The minimum absolute atomic E-state index is 0.534. The maximum absolute atomic E-state index is 9.63. The Bertz CT molecular complexity index is 2760. The zero-order valence-corrected chi connectivity index (χ0v) is 27.4. The highest BCUT2D eigenvalue weighted by Crippen LogP contribution is 2.39. The van der Waals surface area contributed by atoms with Gasteiger partial charge in [0.2, 0.25) is 0 Å². The molecule has 5 heteroatoms. The molecule has 0 aliphatic heterocycles. The predicted octanol–water partition coefficient (Wildman–Crippen LogP) is 11.6. The largest absolute Gasteiger partial charge is 0.456 e. The van der Waals surface area contributed by atoms with Gasteiger partial charge in [-0.2, -0.15) is 5.26 Å². The first kappa shape index (κ1) is 29.9. The van der Waals surface area contributed by atoms with Gasteiger partial charge in [-0.15, -0.1) is 0 Å². The van der Waals surface area contributed by atoms with Gasteiger partial charge in [-0.1, -0.05) is 133 Å². The van der Waals surface area contributed by atoms with Gasteiger partial charge < -0.3 is 4.42 Å². The fraction of sp³-hybridized carbons (Fsp3) is 0. The molecule has 0 atom stereocenters. The third kappa shape index (κ3) is 5.61. The van der Waals surface area contributed by atoms with E-state index in [0.29, 0.717) is 23.0 Å². The minimum Gasteiger partial charge on any atom is -0.456 e. The lowest BCUT2D eigenvalue weighted by molar-refractivity contribution is 0.669. The van der Waals surface area contributed by atoms with Crippen LogP contribution in [0.3, 0.4) is 0 Å². The molecule has 9 rings (SSSR count). The highest BCUT2D eigenvalue weighted by Gasteiger charge is 2.18. The molecule has 0 unspecified atom stereocenters. The fourth-order valence-corrected chi connectivity index (χ4v) is 6.73. The summed E-state index contributed by atoms with van der Waals surface area (Å²) in [7, 11) is 0. The standard InChI is InChI=1S/C46H28N4O/c47-29-30-12-9-18-34(26-30)37-20-7-8-21-39(37)46-49-44(35-19-10-17-33(27-35)31-13-3-1-4-14-31)48-45(50-46)36-24-25-40-42(28-36)51-41-23-11-22-38(43(40)41)32-15-5-2-6-16-32/h1-28H. The van der Waals surface area contributed by atoms with Gasteiger partial charge in [0, 0.05) is 27.5 Å². The van der Waals surface area contributed by atoms with Crippen molar-refractivity contribution in [3.8, 4) is 73.6 Å². The molecule has 0 aliphatic carbocycles. The first-order valence-corrected chi connectivity index (χ1v) is 16.7. The lowest BCUT2D eigenvalue weighted by atomic mass is 9.97. The minimum atomic E-state index is 0.534. The molecule has 51 heavy (non-hydrogen) atoms. The van der Waals surface area contributed by atoms with Crippen LogP contribution in [0.1, 0.15) is 5.56 Å². The molecule has 0 bridgehead atoms. The smallest absolute Gasteiger partial charge is 0.164 e. The number of nitrogens with zero attached hydrogens (tertiary/aromatic N) is 4. The van der Waals surface area contributed by atoms with Gasteiger partial charge in [-0.05, 0) is 69.8 Å². The topological polar surface area (TPSA) is 75.6 Å². The summed E-state index contributed by atoms with van der Waals surface area (Å²) in [4.78, 5) is 15.3. The number of benzene rings is 7. The lowest BCUT2D eigenvalue weighted by Gasteiger charge is -2.13. The number of nitriles is 1. The first-order chi connectivity index (χ1) is 25.2. The molecule has 2 aromatic heterocycles. The van der Waals surface area contributed by atoms with Crippen LogP contribution >= 0.6 is 0 Å². The Balaban J connectivity index is 1.24. The highest BCUT2D eigenvalue weighted by molar-refractivity contribution is 6.13. The zero-order chi connectivity index (χ0) is 34.1. The number of aromatic nitrogens is 3. The van der Waals surface area contributed by atoms with Gasteiger partial charge in [-0.3, -0.25) is 0 Å². The number of hydrogen-bond donors (Lipinski definition) is 0. The highest BCUT2D eigenvalue weighted by atomic mass is 16.3. The van der Waals surface area contributed by atoms with Gasteiger partial charge in [-0.25, -0.2) is 15.0 Å². The second-order valence-corrected chi connectivity index (χ2v) is 12.3.